The summed E-state index contributed by atoms with van der Waals surface area (Å²) in [7, 11) is 3.54. The van der Waals surface area contributed by atoms with E-state index in [2.05, 4.69) is 26.3 Å². The first-order valence-electron chi connectivity index (χ1n) is 6.82. The minimum atomic E-state index is 0.443. The van der Waals surface area contributed by atoms with Crippen LogP contribution in [-0.2, 0) is 13.0 Å². The zero-order chi connectivity index (χ0) is 14.8. The van der Waals surface area contributed by atoms with Crippen LogP contribution in [-0.4, -0.2) is 30.7 Å². The molecule has 0 saturated carbocycles. The van der Waals surface area contributed by atoms with Crippen LogP contribution in [0.3, 0.4) is 0 Å². The second-order valence-electron chi connectivity index (χ2n) is 4.88. The largest absolute Gasteiger partial charge is 0.496 e. The maximum atomic E-state index is 6.14. The summed E-state index contributed by atoms with van der Waals surface area (Å²) in [6, 6.07) is 6.16. The van der Waals surface area contributed by atoms with Crippen LogP contribution in [0.15, 0.2) is 24.5 Å². The Morgan fingerprint density at radius 3 is 2.95 bits per heavy atom. The van der Waals surface area contributed by atoms with E-state index in [-0.39, 0.29) is 0 Å². The number of methoxy groups -OCH3 is 1. The Labute approximate surface area is 128 Å². The quantitative estimate of drug-likeness (QED) is 0.884. The number of benzene rings is 1. The van der Waals surface area contributed by atoms with E-state index in [1.165, 1.54) is 17.5 Å². The lowest BCUT2D eigenvalue weighted by molar-refractivity contribution is 0.407. The molecule has 2 heterocycles. The van der Waals surface area contributed by atoms with Gasteiger partial charge in [0.1, 0.15) is 17.8 Å². The monoisotopic (exact) mass is 304 g/mol. The molecule has 5 nitrogen and oxygen atoms in total. The Kier molecular flexibility index (Phi) is 3.84. The lowest BCUT2D eigenvalue weighted by Gasteiger charge is -2.31. The van der Waals surface area contributed by atoms with Crippen molar-refractivity contribution < 1.29 is 4.74 Å². The summed E-state index contributed by atoms with van der Waals surface area (Å²) in [6.07, 6.45) is 2.42. The molecular formula is C15H17ClN4O. The molecule has 0 aliphatic carbocycles. The fourth-order valence-corrected chi connectivity index (χ4v) is 2.98. The van der Waals surface area contributed by atoms with Gasteiger partial charge in [-0.25, -0.2) is 9.97 Å². The molecule has 0 spiro atoms. The molecule has 0 atom stereocenters. The fraction of sp³-hybridized carbons (Fsp3) is 0.333. The van der Waals surface area contributed by atoms with E-state index in [0.717, 1.165) is 36.8 Å². The zero-order valence-corrected chi connectivity index (χ0v) is 12.8. The van der Waals surface area contributed by atoms with E-state index in [4.69, 9.17) is 16.3 Å². The average molecular weight is 305 g/mol. The number of aromatic nitrogens is 2. The molecule has 0 radical (unpaired) electrons. The van der Waals surface area contributed by atoms with Gasteiger partial charge in [0, 0.05) is 25.7 Å². The van der Waals surface area contributed by atoms with Gasteiger partial charge >= 0.3 is 0 Å². The number of nitrogens with one attached hydrogen (secondary N) is 1. The predicted octanol–water partition coefficient (Wildman–Crippen LogP) is 2.74. The minimum absolute atomic E-state index is 0.443. The summed E-state index contributed by atoms with van der Waals surface area (Å²) >= 11 is 6.14. The van der Waals surface area contributed by atoms with Crippen molar-refractivity contribution in [2.45, 2.75) is 13.0 Å². The van der Waals surface area contributed by atoms with E-state index < -0.39 is 0 Å². The third-order valence-electron chi connectivity index (χ3n) is 3.77. The van der Waals surface area contributed by atoms with E-state index >= 15 is 0 Å². The standard InChI is InChI=1S/C15H17ClN4O/c1-17-13-14(16)18-9-19-15(13)20-7-6-11-10(8-20)4-3-5-12(11)21-2/h3-5,9,17H,6-8H2,1-2H3. The third kappa shape index (κ3) is 2.49. The van der Waals surface area contributed by atoms with E-state index in [1.807, 2.05) is 19.2 Å². The number of hydrogen-bond acceptors (Lipinski definition) is 5. The summed E-state index contributed by atoms with van der Waals surface area (Å²) < 4.78 is 5.44. The van der Waals surface area contributed by atoms with Gasteiger partial charge in [-0.05, 0) is 18.1 Å². The van der Waals surface area contributed by atoms with Crippen LogP contribution in [0, 0.1) is 0 Å². The molecule has 0 amide bonds. The summed E-state index contributed by atoms with van der Waals surface area (Å²) in [6.45, 7) is 1.66. The molecule has 0 bridgehead atoms. The third-order valence-corrected chi connectivity index (χ3v) is 4.06. The Bertz CT molecular complexity index is 662. The number of anilines is 2. The molecule has 0 saturated heterocycles. The summed E-state index contributed by atoms with van der Waals surface area (Å²) in [5.41, 5.74) is 3.31. The average Bonchev–Trinajstić information content (AvgIpc) is 2.53. The lowest BCUT2D eigenvalue weighted by atomic mass is 9.98. The first-order chi connectivity index (χ1) is 10.2. The first-order valence-corrected chi connectivity index (χ1v) is 7.20. The highest BCUT2D eigenvalue weighted by Crippen LogP contribution is 2.34. The van der Waals surface area contributed by atoms with Gasteiger partial charge < -0.3 is 15.0 Å². The lowest BCUT2D eigenvalue weighted by Crippen LogP contribution is -2.32. The van der Waals surface area contributed by atoms with Crippen LogP contribution < -0.4 is 15.0 Å². The number of ether oxygens (including phenoxy) is 1. The number of halogens is 1. The van der Waals surface area contributed by atoms with Gasteiger partial charge in [-0.3, -0.25) is 0 Å². The van der Waals surface area contributed by atoms with Gasteiger partial charge in [0.2, 0.25) is 0 Å². The van der Waals surface area contributed by atoms with Gasteiger partial charge in [-0.15, -0.1) is 0 Å². The molecule has 2 aromatic rings. The number of fused-ring (bicyclic) bond motifs is 1. The van der Waals surface area contributed by atoms with Crippen molar-refractivity contribution in [2.24, 2.45) is 0 Å². The molecule has 0 fully saturated rings. The Balaban J connectivity index is 1.95. The van der Waals surface area contributed by atoms with Crippen molar-refractivity contribution in [1.29, 1.82) is 0 Å². The van der Waals surface area contributed by atoms with Crippen molar-refractivity contribution >= 4 is 23.1 Å². The second-order valence-corrected chi connectivity index (χ2v) is 5.24. The maximum Gasteiger partial charge on any atom is 0.157 e. The van der Waals surface area contributed by atoms with Crippen molar-refractivity contribution in [3.8, 4) is 5.75 Å². The topological polar surface area (TPSA) is 50.3 Å². The van der Waals surface area contributed by atoms with Gasteiger partial charge in [0.05, 0.1) is 7.11 Å². The van der Waals surface area contributed by atoms with Crippen LogP contribution in [0.4, 0.5) is 11.5 Å². The van der Waals surface area contributed by atoms with Gasteiger partial charge in [-0.2, -0.15) is 0 Å². The molecule has 1 aliphatic heterocycles. The molecule has 1 aromatic heterocycles. The SMILES string of the molecule is CNc1c(Cl)ncnc1N1CCc2c(cccc2OC)C1. The summed E-state index contributed by atoms with van der Waals surface area (Å²) in [4.78, 5) is 10.6. The molecule has 21 heavy (non-hydrogen) atoms. The molecule has 3 rings (SSSR count). The van der Waals surface area contributed by atoms with Crippen LogP contribution in [0.5, 0.6) is 5.75 Å². The maximum absolute atomic E-state index is 6.14. The molecule has 110 valence electrons. The van der Waals surface area contributed by atoms with Gasteiger partial charge in [-0.1, -0.05) is 23.7 Å². The second kappa shape index (κ2) is 5.77. The summed E-state index contributed by atoms with van der Waals surface area (Å²) in [5, 5.41) is 3.53. The highest BCUT2D eigenvalue weighted by Gasteiger charge is 2.23. The minimum Gasteiger partial charge on any atom is -0.496 e. The fourth-order valence-electron chi connectivity index (χ4n) is 2.76. The van der Waals surface area contributed by atoms with E-state index in [0.29, 0.717) is 5.15 Å². The Morgan fingerprint density at radius 1 is 1.33 bits per heavy atom. The van der Waals surface area contributed by atoms with Crippen molar-refractivity contribution in [3.63, 3.8) is 0 Å². The normalized spacial score (nSPS) is 13.8. The number of nitrogens with zero attached hydrogens (tertiary/aromatic N) is 3. The van der Waals surface area contributed by atoms with Crippen LogP contribution in [0.25, 0.3) is 0 Å². The van der Waals surface area contributed by atoms with E-state index in [1.54, 1.807) is 7.11 Å². The van der Waals surface area contributed by atoms with Gasteiger partial charge in [0.25, 0.3) is 0 Å². The smallest absolute Gasteiger partial charge is 0.157 e. The molecule has 1 aromatic carbocycles. The number of rotatable bonds is 3. The van der Waals surface area contributed by atoms with Gasteiger partial charge in [0.15, 0.2) is 11.0 Å². The molecule has 1 N–H and O–H groups in total. The van der Waals surface area contributed by atoms with Crippen LogP contribution in [0.2, 0.25) is 5.15 Å². The van der Waals surface area contributed by atoms with E-state index in [9.17, 15) is 0 Å². The Hall–Kier alpha value is -2.01. The predicted molar refractivity (Wildman–Crippen MR) is 84.3 cm³/mol. The highest BCUT2D eigenvalue weighted by molar-refractivity contribution is 6.32. The Morgan fingerprint density at radius 2 is 2.19 bits per heavy atom. The highest BCUT2D eigenvalue weighted by atomic mass is 35.5. The van der Waals surface area contributed by atoms with Crippen LogP contribution >= 0.6 is 11.6 Å². The summed E-state index contributed by atoms with van der Waals surface area (Å²) in [5.74, 6) is 1.80. The molecule has 6 heteroatoms. The zero-order valence-electron chi connectivity index (χ0n) is 12.1. The van der Waals surface area contributed by atoms with Crippen molar-refractivity contribution in [3.05, 3.63) is 40.8 Å². The molecular weight excluding hydrogens is 288 g/mol. The number of hydrogen-bond donors (Lipinski definition) is 1. The van der Waals surface area contributed by atoms with Crippen molar-refractivity contribution in [1.82, 2.24) is 9.97 Å². The van der Waals surface area contributed by atoms with Crippen LogP contribution in [0.1, 0.15) is 11.1 Å². The first kappa shape index (κ1) is 13.9. The van der Waals surface area contributed by atoms with Crippen molar-refractivity contribution in [2.75, 3.05) is 30.9 Å². The molecule has 0 unspecified atom stereocenters. The molecule has 1 aliphatic rings.